The average molecular weight is 329 g/mol. The highest BCUT2D eigenvalue weighted by Gasteiger charge is 2.33. The van der Waals surface area contributed by atoms with Crippen LogP contribution in [0.4, 0.5) is 13.2 Å². The van der Waals surface area contributed by atoms with Crippen molar-refractivity contribution in [3.63, 3.8) is 0 Å². The number of hydrogen-bond acceptors (Lipinski definition) is 2. The van der Waals surface area contributed by atoms with Gasteiger partial charge in [-0.15, -0.1) is 0 Å². The number of benzene rings is 1. The first-order valence-corrected chi connectivity index (χ1v) is 8.58. The third-order valence-corrected chi connectivity index (χ3v) is 4.25. The molecule has 1 aliphatic heterocycles. The van der Waals surface area contributed by atoms with Crippen LogP contribution in [0.25, 0.3) is 0 Å². The molecule has 1 unspecified atom stereocenters. The highest BCUT2D eigenvalue weighted by Crippen LogP contribution is 2.35. The highest BCUT2D eigenvalue weighted by molar-refractivity contribution is 5.38. The molecule has 1 aromatic rings. The number of aryl methyl sites for hydroxylation is 1. The molecule has 1 aromatic carbocycles. The van der Waals surface area contributed by atoms with E-state index in [9.17, 15) is 13.2 Å². The van der Waals surface area contributed by atoms with Gasteiger partial charge in [0.05, 0.1) is 5.56 Å². The number of halogens is 3. The van der Waals surface area contributed by atoms with Crippen molar-refractivity contribution in [2.24, 2.45) is 0 Å². The predicted octanol–water partition coefficient (Wildman–Crippen LogP) is 4.96. The molecule has 0 radical (unpaired) electrons. The maximum absolute atomic E-state index is 13.3. The molecule has 2 rings (SSSR count). The van der Waals surface area contributed by atoms with E-state index in [1.54, 1.807) is 12.1 Å². The molecule has 5 heteroatoms. The number of alkyl halides is 3. The molecule has 1 fully saturated rings. The molecule has 2 nitrogen and oxygen atoms in total. The molecule has 0 amide bonds. The van der Waals surface area contributed by atoms with Gasteiger partial charge in [-0.05, 0) is 43.5 Å². The zero-order valence-corrected chi connectivity index (χ0v) is 13.7. The Morgan fingerprint density at radius 3 is 2.61 bits per heavy atom. The van der Waals surface area contributed by atoms with Crippen LogP contribution in [0.5, 0.6) is 5.75 Å². The fraction of sp³-hybridized carbons (Fsp3) is 0.667. The zero-order chi connectivity index (χ0) is 16.7. The maximum Gasteiger partial charge on any atom is 0.416 e. The number of nitrogens with one attached hydrogen (secondary N) is 1. The van der Waals surface area contributed by atoms with Gasteiger partial charge in [0.25, 0.3) is 0 Å². The smallest absolute Gasteiger partial charge is 0.416 e. The van der Waals surface area contributed by atoms with Gasteiger partial charge in [0.15, 0.2) is 0 Å². The predicted molar refractivity (Wildman–Crippen MR) is 85.8 cm³/mol. The van der Waals surface area contributed by atoms with Crippen molar-refractivity contribution < 1.29 is 17.9 Å². The van der Waals surface area contributed by atoms with Crippen molar-refractivity contribution in [3.05, 3.63) is 29.3 Å². The Bertz CT molecular complexity index is 482. The Balaban J connectivity index is 2.02. The summed E-state index contributed by atoms with van der Waals surface area (Å²) in [5, 5.41) is 3.15. The number of rotatable bonds is 8. The standard InChI is InChI=1S/C18H26F3NO/c1-2-3-4-5-6-7-14-8-9-15(12-17(14)18(19,20)21)23-16-10-11-22-13-16/h8-9,12,16,22H,2-7,10-11,13H2,1H3. The molecule has 1 heterocycles. The molecule has 1 atom stereocenters. The first-order chi connectivity index (χ1) is 11.0. The SMILES string of the molecule is CCCCCCCc1ccc(OC2CCNC2)cc1C(F)(F)F. The molecule has 1 saturated heterocycles. The monoisotopic (exact) mass is 329 g/mol. The van der Waals surface area contributed by atoms with Crippen LogP contribution in [0.3, 0.4) is 0 Å². The highest BCUT2D eigenvalue weighted by atomic mass is 19.4. The number of hydrogen-bond donors (Lipinski definition) is 1. The van der Waals surface area contributed by atoms with Gasteiger partial charge in [0.2, 0.25) is 0 Å². The molecule has 0 aliphatic carbocycles. The van der Waals surface area contributed by atoms with Crippen LogP contribution in [0.15, 0.2) is 18.2 Å². The number of unbranched alkanes of at least 4 members (excludes halogenated alkanes) is 4. The molecule has 1 aliphatic rings. The van der Waals surface area contributed by atoms with E-state index < -0.39 is 11.7 Å². The molecule has 23 heavy (non-hydrogen) atoms. The Kier molecular flexibility index (Phi) is 6.75. The molecular formula is C18H26F3NO. The van der Waals surface area contributed by atoms with Crippen molar-refractivity contribution in [2.75, 3.05) is 13.1 Å². The summed E-state index contributed by atoms with van der Waals surface area (Å²) in [5.74, 6) is 0.320. The van der Waals surface area contributed by atoms with E-state index in [-0.39, 0.29) is 6.10 Å². The van der Waals surface area contributed by atoms with Crippen LogP contribution in [-0.2, 0) is 12.6 Å². The van der Waals surface area contributed by atoms with Gasteiger partial charge in [-0.3, -0.25) is 0 Å². The van der Waals surface area contributed by atoms with E-state index in [0.717, 1.165) is 45.1 Å². The van der Waals surface area contributed by atoms with Crippen molar-refractivity contribution in [1.82, 2.24) is 5.32 Å². The second kappa shape index (κ2) is 8.57. The molecule has 0 spiro atoms. The lowest BCUT2D eigenvalue weighted by molar-refractivity contribution is -0.138. The molecule has 0 saturated carbocycles. The van der Waals surface area contributed by atoms with Gasteiger partial charge >= 0.3 is 6.18 Å². The van der Waals surface area contributed by atoms with Crippen molar-refractivity contribution in [1.29, 1.82) is 0 Å². The third-order valence-electron chi connectivity index (χ3n) is 4.25. The first-order valence-electron chi connectivity index (χ1n) is 8.58. The summed E-state index contributed by atoms with van der Waals surface area (Å²) in [6.07, 6.45) is 2.11. The summed E-state index contributed by atoms with van der Waals surface area (Å²) < 4.78 is 45.6. The molecule has 0 aromatic heterocycles. The van der Waals surface area contributed by atoms with Crippen LogP contribution < -0.4 is 10.1 Å². The summed E-state index contributed by atoms with van der Waals surface area (Å²) >= 11 is 0. The normalized spacial score (nSPS) is 18.3. The second-order valence-corrected chi connectivity index (χ2v) is 6.21. The fourth-order valence-electron chi connectivity index (χ4n) is 2.95. The van der Waals surface area contributed by atoms with Crippen molar-refractivity contribution >= 4 is 0 Å². The van der Waals surface area contributed by atoms with Crippen molar-refractivity contribution in [3.8, 4) is 5.75 Å². The van der Waals surface area contributed by atoms with E-state index in [2.05, 4.69) is 12.2 Å². The van der Waals surface area contributed by atoms with E-state index in [1.807, 2.05) is 0 Å². The van der Waals surface area contributed by atoms with Gasteiger partial charge in [-0.1, -0.05) is 38.7 Å². The van der Waals surface area contributed by atoms with Gasteiger partial charge in [0, 0.05) is 6.54 Å². The third kappa shape index (κ3) is 5.72. The van der Waals surface area contributed by atoms with E-state index >= 15 is 0 Å². The topological polar surface area (TPSA) is 21.3 Å². The zero-order valence-electron chi connectivity index (χ0n) is 13.7. The van der Waals surface area contributed by atoms with Crippen molar-refractivity contribution in [2.45, 2.75) is 64.1 Å². The Hall–Kier alpha value is -1.23. The minimum Gasteiger partial charge on any atom is -0.489 e. The Morgan fingerprint density at radius 2 is 1.96 bits per heavy atom. The van der Waals surface area contributed by atoms with Crippen LogP contribution in [-0.4, -0.2) is 19.2 Å². The van der Waals surface area contributed by atoms with E-state index in [0.29, 0.717) is 24.3 Å². The fourth-order valence-corrected chi connectivity index (χ4v) is 2.95. The lowest BCUT2D eigenvalue weighted by atomic mass is 10.00. The van der Waals surface area contributed by atoms with E-state index in [1.165, 1.54) is 6.07 Å². The Morgan fingerprint density at radius 1 is 1.17 bits per heavy atom. The largest absolute Gasteiger partial charge is 0.489 e. The summed E-state index contributed by atoms with van der Waals surface area (Å²) in [6.45, 7) is 3.67. The second-order valence-electron chi connectivity index (χ2n) is 6.21. The minimum atomic E-state index is -4.33. The molecule has 1 N–H and O–H groups in total. The average Bonchev–Trinajstić information content (AvgIpc) is 3.00. The van der Waals surface area contributed by atoms with Crippen LogP contribution in [0, 0.1) is 0 Å². The van der Waals surface area contributed by atoms with Gasteiger partial charge in [-0.2, -0.15) is 13.2 Å². The molecule has 0 bridgehead atoms. The molecular weight excluding hydrogens is 303 g/mol. The van der Waals surface area contributed by atoms with Crippen LogP contribution in [0.1, 0.15) is 56.6 Å². The summed E-state index contributed by atoms with van der Waals surface area (Å²) in [7, 11) is 0. The van der Waals surface area contributed by atoms with Gasteiger partial charge in [0.1, 0.15) is 11.9 Å². The summed E-state index contributed by atoms with van der Waals surface area (Å²) in [4.78, 5) is 0. The van der Waals surface area contributed by atoms with Gasteiger partial charge in [-0.25, -0.2) is 0 Å². The Labute approximate surface area is 136 Å². The van der Waals surface area contributed by atoms with Crippen LogP contribution >= 0.6 is 0 Å². The lowest BCUT2D eigenvalue weighted by Crippen LogP contribution is -2.20. The van der Waals surface area contributed by atoms with Crippen LogP contribution in [0.2, 0.25) is 0 Å². The maximum atomic E-state index is 13.3. The van der Waals surface area contributed by atoms with E-state index in [4.69, 9.17) is 4.74 Å². The lowest BCUT2D eigenvalue weighted by Gasteiger charge is -2.17. The number of ether oxygens (including phenoxy) is 1. The summed E-state index contributed by atoms with van der Waals surface area (Å²) in [6, 6.07) is 4.43. The minimum absolute atomic E-state index is 0.0315. The molecule has 130 valence electrons. The summed E-state index contributed by atoms with van der Waals surface area (Å²) in [5.41, 5.74) is -0.164. The van der Waals surface area contributed by atoms with Gasteiger partial charge < -0.3 is 10.1 Å². The quantitative estimate of drug-likeness (QED) is 0.681. The first kappa shape index (κ1) is 18.1.